The Morgan fingerprint density at radius 2 is 1.84 bits per heavy atom. The summed E-state index contributed by atoms with van der Waals surface area (Å²) in [5.74, 6) is 1.11. The van der Waals surface area contributed by atoms with Crippen LogP contribution < -0.4 is 14.8 Å². The molecule has 4 aromatic rings. The number of anilines is 1. The third-order valence-corrected chi connectivity index (χ3v) is 5.94. The first-order chi connectivity index (χ1) is 15.5. The number of carbonyl (C=O) groups excluding carboxylic acids is 1. The molecular formula is C23H23N5O3S. The van der Waals surface area contributed by atoms with Crippen molar-refractivity contribution in [3.8, 4) is 28.4 Å². The van der Waals surface area contributed by atoms with Gasteiger partial charge in [0.25, 0.3) is 5.91 Å². The number of para-hydroxylation sites is 1. The number of nitrogens with one attached hydrogen (secondary N) is 1. The monoisotopic (exact) mass is 449 g/mol. The summed E-state index contributed by atoms with van der Waals surface area (Å²) in [5.41, 5.74) is 2.38. The van der Waals surface area contributed by atoms with E-state index in [9.17, 15) is 4.79 Å². The zero-order valence-electron chi connectivity index (χ0n) is 18.2. The lowest BCUT2D eigenvalue weighted by Crippen LogP contribution is -2.12. The van der Waals surface area contributed by atoms with Crippen molar-refractivity contribution in [3.63, 3.8) is 0 Å². The molecule has 0 spiro atoms. The molecule has 0 atom stereocenters. The molecule has 1 amide bonds. The second-order valence-corrected chi connectivity index (χ2v) is 8.30. The molecule has 0 unspecified atom stereocenters. The van der Waals surface area contributed by atoms with E-state index in [0.717, 1.165) is 10.7 Å². The van der Waals surface area contributed by atoms with E-state index in [-0.39, 0.29) is 11.8 Å². The summed E-state index contributed by atoms with van der Waals surface area (Å²) in [5, 5.41) is 17.1. The predicted molar refractivity (Wildman–Crippen MR) is 124 cm³/mol. The van der Waals surface area contributed by atoms with Gasteiger partial charge in [-0.3, -0.25) is 10.1 Å². The summed E-state index contributed by atoms with van der Waals surface area (Å²) in [6.07, 6.45) is 1.70. The summed E-state index contributed by atoms with van der Waals surface area (Å²) in [6.45, 7) is 4.06. The van der Waals surface area contributed by atoms with Gasteiger partial charge in [0.05, 0.1) is 25.5 Å². The zero-order valence-corrected chi connectivity index (χ0v) is 19.0. The molecule has 0 bridgehead atoms. The van der Waals surface area contributed by atoms with Crippen LogP contribution in [0.5, 0.6) is 11.5 Å². The number of ether oxygens (including phenoxy) is 2. The lowest BCUT2D eigenvalue weighted by Gasteiger charge is -2.10. The van der Waals surface area contributed by atoms with E-state index in [1.165, 1.54) is 11.3 Å². The molecule has 0 fully saturated rings. The van der Waals surface area contributed by atoms with Crippen molar-refractivity contribution in [1.29, 1.82) is 0 Å². The van der Waals surface area contributed by atoms with Crippen LogP contribution in [0.15, 0.2) is 54.7 Å². The normalized spacial score (nSPS) is 10.9. The average Bonchev–Trinajstić information content (AvgIpc) is 3.47. The zero-order chi connectivity index (χ0) is 22.7. The molecule has 0 saturated heterocycles. The third kappa shape index (κ3) is 4.33. The van der Waals surface area contributed by atoms with Gasteiger partial charge in [0.15, 0.2) is 0 Å². The van der Waals surface area contributed by atoms with Crippen molar-refractivity contribution in [2.45, 2.75) is 19.8 Å². The first-order valence-electron chi connectivity index (χ1n) is 10.0. The van der Waals surface area contributed by atoms with Gasteiger partial charge in [0, 0.05) is 23.7 Å². The fourth-order valence-electron chi connectivity index (χ4n) is 3.13. The highest BCUT2D eigenvalue weighted by atomic mass is 32.1. The van der Waals surface area contributed by atoms with Crippen molar-refractivity contribution in [3.05, 3.63) is 65.3 Å². The summed E-state index contributed by atoms with van der Waals surface area (Å²) in [7, 11) is 3.16. The van der Waals surface area contributed by atoms with Crippen LogP contribution in [0.3, 0.4) is 0 Å². The molecule has 2 heterocycles. The summed E-state index contributed by atoms with van der Waals surface area (Å²) in [4.78, 5) is 13.3. The van der Waals surface area contributed by atoms with Gasteiger partial charge in [-0.1, -0.05) is 43.4 Å². The molecule has 9 heteroatoms. The highest BCUT2D eigenvalue weighted by Crippen LogP contribution is 2.35. The van der Waals surface area contributed by atoms with Crippen LogP contribution in [0.4, 0.5) is 5.13 Å². The van der Waals surface area contributed by atoms with Gasteiger partial charge in [-0.05, 0) is 24.3 Å². The number of benzene rings is 2. The van der Waals surface area contributed by atoms with E-state index in [4.69, 9.17) is 14.6 Å². The van der Waals surface area contributed by atoms with Crippen LogP contribution in [0.2, 0.25) is 0 Å². The summed E-state index contributed by atoms with van der Waals surface area (Å²) >= 11 is 1.36. The Labute approximate surface area is 189 Å². The van der Waals surface area contributed by atoms with Gasteiger partial charge < -0.3 is 9.47 Å². The molecule has 2 aromatic carbocycles. The fraction of sp³-hybridized carbons (Fsp3) is 0.217. The number of amides is 1. The number of methoxy groups -OCH3 is 2. The van der Waals surface area contributed by atoms with E-state index in [1.54, 1.807) is 37.2 Å². The molecule has 32 heavy (non-hydrogen) atoms. The lowest BCUT2D eigenvalue weighted by atomic mass is 10.1. The second kappa shape index (κ2) is 9.19. The van der Waals surface area contributed by atoms with Crippen molar-refractivity contribution in [2.75, 3.05) is 19.5 Å². The lowest BCUT2D eigenvalue weighted by molar-refractivity contribution is 0.102. The van der Waals surface area contributed by atoms with Crippen LogP contribution in [0.1, 0.15) is 35.1 Å². The molecule has 0 aliphatic carbocycles. The number of hydrogen-bond donors (Lipinski definition) is 1. The third-order valence-electron chi connectivity index (χ3n) is 4.80. The molecule has 2 aromatic heterocycles. The van der Waals surface area contributed by atoms with Gasteiger partial charge in [-0.15, -0.1) is 10.2 Å². The number of carbonyl (C=O) groups is 1. The Kier molecular flexibility index (Phi) is 6.18. The number of hydrogen-bond acceptors (Lipinski definition) is 7. The first kappa shape index (κ1) is 21.5. The summed E-state index contributed by atoms with van der Waals surface area (Å²) < 4.78 is 12.5. The molecule has 4 rings (SSSR count). The number of rotatable bonds is 7. The fourth-order valence-corrected chi connectivity index (χ4v) is 3.87. The van der Waals surface area contributed by atoms with E-state index < -0.39 is 0 Å². The minimum absolute atomic E-state index is 0.234. The Hall–Kier alpha value is -3.72. The molecule has 0 radical (unpaired) electrons. The van der Waals surface area contributed by atoms with Gasteiger partial charge in [-0.25, -0.2) is 4.68 Å². The predicted octanol–water partition coefficient (Wildman–Crippen LogP) is 4.78. The van der Waals surface area contributed by atoms with Gasteiger partial charge in [0.2, 0.25) is 5.13 Å². The Bertz CT molecular complexity index is 1230. The van der Waals surface area contributed by atoms with Crippen LogP contribution >= 0.6 is 11.3 Å². The first-order valence-corrected chi connectivity index (χ1v) is 10.8. The minimum Gasteiger partial charge on any atom is -0.497 e. The summed E-state index contributed by atoms with van der Waals surface area (Å²) in [6, 6.07) is 15.0. The quantitative estimate of drug-likeness (QED) is 0.436. The van der Waals surface area contributed by atoms with Gasteiger partial charge in [0.1, 0.15) is 22.2 Å². The maximum absolute atomic E-state index is 13.3. The Morgan fingerprint density at radius 3 is 2.50 bits per heavy atom. The van der Waals surface area contributed by atoms with Gasteiger partial charge in [-0.2, -0.15) is 5.10 Å². The van der Waals surface area contributed by atoms with Crippen LogP contribution in [0, 0.1) is 0 Å². The largest absolute Gasteiger partial charge is 0.497 e. The molecule has 8 nitrogen and oxygen atoms in total. The molecule has 0 aliphatic heterocycles. The molecule has 164 valence electrons. The highest BCUT2D eigenvalue weighted by Gasteiger charge is 2.23. The smallest absolute Gasteiger partial charge is 0.261 e. The van der Waals surface area contributed by atoms with Crippen molar-refractivity contribution in [2.24, 2.45) is 0 Å². The minimum atomic E-state index is -0.327. The molecule has 0 aliphatic rings. The molecule has 1 N–H and O–H groups in total. The Balaban J connectivity index is 1.78. The second-order valence-electron chi connectivity index (χ2n) is 7.29. The SMILES string of the molecule is COc1ccc(-c2nn(-c3ccccc3)cc2C(=O)Nc2nnc(C(C)C)s2)c(OC)c1. The number of nitrogens with zero attached hydrogens (tertiary/aromatic N) is 4. The topological polar surface area (TPSA) is 91.2 Å². The van der Waals surface area contributed by atoms with Gasteiger partial charge >= 0.3 is 0 Å². The standard InChI is InChI=1S/C23H23N5O3S/c1-14(2)22-25-26-23(32-22)24-21(29)18-13-28(15-8-6-5-7-9-15)27-20(18)17-11-10-16(30-3)12-19(17)31-4/h5-14H,1-4H3,(H,24,26,29). The maximum Gasteiger partial charge on any atom is 0.261 e. The number of aromatic nitrogens is 4. The average molecular weight is 450 g/mol. The van der Waals surface area contributed by atoms with E-state index in [1.807, 2.05) is 50.2 Å². The van der Waals surface area contributed by atoms with Crippen LogP contribution in [-0.2, 0) is 0 Å². The molecule has 0 saturated carbocycles. The Morgan fingerprint density at radius 1 is 1.06 bits per heavy atom. The van der Waals surface area contributed by atoms with Crippen molar-refractivity contribution < 1.29 is 14.3 Å². The molecular weight excluding hydrogens is 426 g/mol. The van der Waals surface area contributed by atoms with Crippen molar-refractivity contribution >= 4 is 22.4 Å². The van der Waals surface area contributed by atoms with E-state index in [0.29, 0.717) is 33.5 Å². The van der Waals surface area contributed by atoms with Crippen LogP contribution in [0.25, 0.3) is 16.9 Å². The highest BCUT2D eigenvalue weighted by molar-refractivity contribution is 7.15. The van der Waals surface area contributed by atoms with Crippen LogP contribution in [-0.4, -0.2) is 40.1 Å². The van der Waals surface area contributed by atoms with E-state index in [2.05, 4.69) is 15.5 Å². The maximum atomic E-state index is 13.3. The van der Waals surface area contributed by atoms with Crippen molar-refractivity contribution in [1.82, 2.24) is 20.0 Å². The van der Waals surface area contributed by atoms with E-state index >= 15 is 0 Å².